The molecule has 2 aliphatic rings. The Kier molecular flexibility index (Phi) is 5.05. The van der Waals surface area contributed by atoms with Gasteiger partial charge in [-0.2, -0.15) is 0 Å². The van der Waals surface area contributed by atoms with Gasteiger partial charge in [-0.3, -0.25) is 4.79 Å². The number of hydrogen-bond acceptors (Lipinski definition) is 6. The van der Waals surface area contributed by atoms with Crippen LogP contribution in [0.2, 0.25) is 0 Å². The van der Waals surface area contributed by atoms with E-state index in [4.69, 9.17) is 4.74 Å². The van der Waals surface area contributed by atoms with E-state index in [1.54, 1.807) is 23.2 Å². The molecule has 0 bridgehead atoms. The van der Waals surface area contributed by atoms with E-state index in [1.807, 2.05) is 6.92 Å². The van der Waals surface area contributed by atoms with E-state index in [9.17, 15) is 13.2 Å². The van der Waals surface area contributed by atoms with Crippen LogP contribution in [0, 0.1) is 0 Å². The average molecular weight is 353 g/mol. The summed E-state index contributed by atoms with van der Waals surface area (Å²) in [7, 11) is -3.02. The van der Waals surface area contributed by atoms with Crippen LogP contribution in [-0.4, -0.2) is 74.6 Å². The largest absolute Gasteiger partial charge is 0.378 e. The van der Waals surface area contributed by atoms with E-state index in [2.05, 4.69) is 9.88 Å². The Morgan fingerprint density at radius 3 is 2.79 bits per heavy atom. The van der Waals surface area contributed by atoms with Gasteiger partial charge in [-0.25, -0.2) is 13.4 Å². The minimum Gasteiger partial charge on any atom is -0.378 e. The second-order valence-corrected chi connectivity index (χ2v) is 8.38. The number of carbonyl (C=O) groups is 1. The highest BCUT2D eigenvalue weighted by molar-refractivity contribution is 7.91. The molecule has 1 aromatic heterocycles. The van der Waals surface area contributed by atoms with Gasteiger partial charge < -0.3 is 14.5 Å². The average Bonchev–Trinajstić information content (AvgIpc) is 2.96. The second-order valence-electron chi connectivity index (χ2n) is 6.15. The van der Waals surface area contributed by atoms with Crippen molar-refractivity contribution in [2.24, 2.45) is 0 Å². The fraction of sp³-hybridized carbons (Fsp3) is 0.625. The summed E-state index contributed by atoms with van der Waals surface area (Å²) in [5, 5.41) is 0. The molecule has 24 heavy (non-hydrogen) atoms. The van der Waals surface area contributed by atoms with Gasteiger partial charge in [0.15, 0.2) is 9.84 Å². The van der Waals surface area contributed by atoms with Crippen LogP contribution < -0.4 is 4.90 Å². The lowest BCUT2D eigenvalue weighted by molar-refractivity contribution is 0.0708. The van der Waals surface area contributed by atoms with Crippen molar-refractivity contribution < 1.29 is 17.9 Å². The van der Waals surface area contributed by atoms with Crippen LogP contribution in [0.15, 0.2) is 18.3 Å². The van der Waals surface area contributed by atoms with Crippen molar-refractivity contribution in [2.45, 2.75) is 19.4 Å². The van der Waals surface area contributed by atoms with Crippen molar-refractivity contribution in [1.29, 1.82) is 0 Å². The summed E-state index contributed by atoms with van der Waals surface area (Å²) in [6, 6.07) is 3.26. The lowest BCUT2D eigenvalue weighted by Gasteiger charge is -2.29. The Morgan fingerprint density at radius 1 is 1.42 bits per heavy atom. The Labute approximate surface area is 142 Å². The quantitative estimate of drug-likeness (QED) is 0.787. The number of pyridine rings is 1. The number of hydrogen-bond donors (Lipinski definition) is 0. The van der Waals surface area contributed by atoms with Gasteiger partial charge in [0.25, 0.3) is 5.91 Å². The number of amides is 1. The van der Waals surface area contributed by atoms with E-state index in [-0.39, 0.29) is 23.5 Å². The van der Waals surface area contributed by atoms with Crippen molar-refractivity contribution in [3.63, 3.8) is 0 Å². The maximum atomic E-state index is 12.9. The Hall–Kier alpha value is -1.67. The summed E-state index contributed by atoms with van der Waals surface area (Å²) >= 11 is 0. The van der Waals surface area contributed by atoms with Crippen molar-refractivity contribution in [2.75, 3.05) is 49.3 Å². The first kappa shape index (κ1) is 17.2. The van der Waals surface area contributed by atoms with Gasteiger partial charge in [-0.05, 0) is 25.5 Å². The molecule has 0 aliphatic carbocycles. The highest BCUT2D eigenvalue weighted by atomic mass is 32.2. The zero-order valence-electron chi connectivity index (χ0n) is 13.8. The summed E-state index contributed by atoms with van der Waals surface area (Å²) in [5.74, 6) is 0.862. The third kappa shape index (κ3) is 3.70. The molecule has 3 heterocycles. The first-order chi connectivity index (χ1) is 11.5. The van der Waals surface area contributed by atoms with E-state index >= 15 is 0 Å². The number of nitrogens with zero attached hydrogens (tertiary/aromatic N) is 3. The maximum absolute atomic E-state index is 12.9. The monoisotopic (exact) mass is 353 g/mol. The van der Waals surface area contributed by atoms with Gasteiger partial charge in [0.05, 0.1) is 24.7 Å². The van der Waals surface area contributed by atoms with Crippen molar-refractivity contribution in [3.05, 3.63) is 23.9 Å². The number of rotatable bonds is 4. The minimum absolute atomic E-state index is 0.0635. The fourth-order valence-corrected chi connectivity index (χ4v) is 5.00. The normalized spacial score (nSPS) is 23.2. The van der Waals surface area contributed by atoms with Crippen LogP contribution >= 0.6 is 0 Å². The maximum Gasteiger partial charge on any atom is 0.254 e. The first-order valence-corrected chi connectivity index (χ1v) is 10.1. The van der Waals surface area contributed by atoms with Crippen LogP contribution in [0.25, 0.3) is 0 Å². The molecule has 0 saturated carbocycles. The van der Waals surface area contributed by atoms with E-state index in [1.165, 1.54) is 0 Å². The smallest absolute Gasteiger partial charge is 0.254 e. The molecule has 132 valence electrons. The predicted molar refractivity (Wildman–Crippen MR) is 91.0 cm³/mol. The molecular formula is C16H23N3O4S. The van der Waals surface area contributed by atoms with Crippen LogP contribution in [0.5, 0.6) is 0 Å². The highest BCUT2D eigenvalue weighted by Crippen LogP contribution is 2.21. The number of aromatic nitrogens is 1. The van der Waals surface area contributed by atoms with Gasteiger partial charge in [0, 0.05) is 37.4 Å². The highest BCUT2D eigenvalue weighted by Gasteiger charge is 2.34. The Bertz CT molecular complexity index is 701. The Morgan fingerprint density at radius 2 is 2.17 bits per heavy atom. The summed E-state index contributed by atoms with van der Waals surface area (Å²) < 4.78 is 28.8. The van der Waals surface area contributed by atoms with Crippen molar-refractivity contribution in [3.8, 4) is 0 Å². The third-order valence-corrected chi connectivity index (χ3v) is 6.33. The second kappa shape index (κ2) is 7.06. The van der Waals surface area contributed by atoms with Crippen molar-refractivity contribution >= 4 is 21.6 Å². The molecule has 7 nitrogen and oxygen atoms in total. The molecule has 1 aromatic rings. The molecule has 2 saturated heterocycles. The van der Waals surface area contributed by atoms with Crippen LogP contribution in [0.4, 0.5) is 5.82 Å². The molecule has 0 aromatic carbocycles. The van der Waals surface area contributed by atoms with E-state index < -0.39 is 9.84 Å². The summed E-state index contributed by atoms with van der Waals surface area (Å²) in [6.45, 7) is 5.19. The molecule has 1 unspecified atom stereocenters. The van der Waals surface area contributed by atoms with Crippen LogP contribution in [0.3, 0.4) is 0 Å². The lowest BCUT2D eigenvalue weighted by Crippen LogP contribution is -2.41. The van der Waals surface area contributed by atoms with Gasteiger partial charge in [0.2, 0.25) is 0 Å². The fourth-order valence-electron chi connectivity index (χ4n) is 3.27. The summed E-state index contributed by atoms with van der Waals surface area (Å²) in [5.41, 5.74) is 0.553. The molecule has 2 aliphatic heterocycles. The number of sulfone groups is 1. The molecule has 0 radical (unpaired) electrons. The number of carbonyl (C=O) groups excluding carboxylic acids is 1. The van der Waals surface area contributed by atoms with E-state index in [0.717, 1.165) is 18.9 Å². The first-order valence-electron chi connectivity index (χ1n) is 8.30. The van der Waals surface area contributed by atoms with Crippen LogP contribution in [-0.2, 0) is 14.6 Å². The number of morpholine rings is 1. The molecular weight excluding hydrogens is 330 g/mol. The third-order valence-electron chi connectivity index (χ3n) is 4.58. The molecule has 1 amide bonds. The standard InChI is InChI=1S/C16H23N3O4S/c1-2-19(14-4-10-24(21,22)12-14)16(20)13-3-5-17-15(11-13)18-6-8-23-9-7-18/h3,5,11,14H,2,4,6-10,12H2,1H3. The number of anilines is 1. The van der Waals surface area contributed by atoms with Gasteiger partial charge in [-0.1, -0.05) is 0 Å². The topological polar surface area (TPSA) is 79.8 Å². The molecule has 8 heteroatoms. The van der Waals surface area contributed by atoms with Gasteiger partial charge in [-0.15, -0.1) is 0 Å². The van der Waals surface area contributed by atoms with Crippen LogP contribution in [0.1, 0.15) is 23.7 Å². The molecule has 0 spiro atoms. The van der Waals surface area contributed by atoms with Gasteiger partial charge >= 0.3 is 0 Å². The predicted octanol–water partition coefficient (Wildman–Crippen LogP) is 0.567. The zero-order chi connectivity index (χ0) is 17.2. The lowest BCUT2D eigenvalue weighted by atomic mass is 10.1. The summed E-state index contributed by atoms with van der Waals surface area (Å²) in [6.07, 6.45) is 2.15. The Balaban J connectivity index is 1.78. The molecule has 2 fully saturated rings. The molecule has 1 atom stereocenters. The van der Waals surface area contributed by atoms with E-state index in [0.29, 0.717) is 31.7 Å². The zero-order valence-corrected chi connectivity index (χ0v) is 14.7. The summed E-state index contributed by atoms with van der Waals surface area (Å²) in [4.78, 5) is 21.0. The SMILES string of the molecule is CCN(C(=O)c1ccnc(N2CCOCC2)c1)C1CCS(=O)(=O)C1. The minimum atomic E-state index is -3.02. The molecule has 3 rings (SSSR count). The number of ether oxygens (including phenoxy) is 1. The molecule has 0 N–H and O–H groups in total. The van der Waals surface area contributed by atoms with Gasteiger partial charge in [0.1, 0.15) is 5.82 Å². The van der Waals surface area contributed by atoms with Crippen molar-refractivity contribution in [1.82, 2.24) is 9.88 Å².